The average Bonchev–Trinajstić information content (AvgIpc) is 2.78. The Morgan fingerprint density at radius 3 is 2.55 bits per heavy atom. The molecule has 31 heavy (non-hydrogen) atoms. The molecule has 0 radical (unpaired) electrons. The van der Waals surface area contributed by atoms with Crippen LogP contribution < -0.4 is 5.32 Å². The number of hydrogen-bond donors (Lipinski definition) is 1. The minimum Gasteiger partial charge on any atom is -0.335 e. The number of piperidine rings is 1. The standard InChI is InChI=1S/C25H31BrClN3O/c26-24-7-6-22(27)17-21(24)16-19-8-12-29(13-9-19)14-10-23-11-15-30(25(31)28-23)18-20-4-2-1-3-5-20/h1-7,17,19,23H,8-16,18H2,(H,28,31). The van der Waals surface area contributed by atoms with Crippen molar-refractivity contribution in [3.8, 4) is 0 Å². The molecule has 2 heterocycles. The van der Waals surface area contributed by atoms with Gasteiger partial charge in [0.1, 0.15) is 0 Å². The summed E-state index contributed by atoms with van der Waals surface area (Å²) >= 11 is 9.83. The summed E-state index contributed by atoms with van der Waals surface area (Å²) in [4.78, 5) is 17.0. The molecule has 4 rings (SSSR count). The summed E-state index contributed by atoms with van der Waals surface area (Å²) in [5.41, 5.74) is 2.50. The predicted molar refractivity (Wildman–Crippen MR) is 130 cm³/mol. The Morgan fingerprint density at radius 2 is 1.81 bits per heavy atom. The molecule has 0 bridgehead atoms. The molecule has 2 aliphatic heterocycles. The monoisotopic (exact) mass is 503 g/mol. The zero-order chi connectivity index (χ0) is 21.6. The van der Waals surface area contributed by atoms with Gasteiger partial charge < -0.3 is 15.1 Å². The SMILES string of the molecule is O=C1NC(CCN2CCC(Cc3cc(Cl)ccc3Br)CC2)CCN1Cc1ccccc1. The minimum absolute atomic E-state index is 0.0749. The van der Waals surface area contributed by atoms with E-state index in [0.29, 0.717) is 18.5 Å². The number of carbonyl (C=O) groups excluding carboxylic acids is 1. The first-order valence-electron chi connectivity index (χ1n) is 11.3. The van der Waals surface area contributed by atoms with Crippen molar-refractivity contribution in [2.24, 2.45) is 5.92 Å². The fraction of sp³-hybridized carbons (Fsp3) is 0.480. The second kappa shape index (κ2) is 10.8. The Hall–Kier alpha value is -1.56. The van der Waals surface area contributed by atoms with E-state index in [1.165, 1.54) is 24.0 Å². The van der Waals surface area contributed by atoms with Crippen molar-refractivity contribution in [1.29, 1.82) is 0 Å². The number of amides is 2. The highest BCUT2D eigenvalue weighted by Gasteiger charge is 2.26. The molecule has 6 heteroatoms. The third kappa shape index (κ3) is 6.47. The van der Waals surface area contributed by atoms with Crippen LogP contribution in [0.25, 0.3) is 0 Å². The van der Waals surface area contributed by atoms with Crippen LogP contribution in [0.1, 0.15) is 36.8 Å². The molecule has 4 nitrogen and oxygen atoms in total. The van der Waals surface area contributed by atoms with Gasteiger partial charge in [-0.15, -0.1) is 0 Å². The van der Waals surface area contributed by atoms with E-state index >= 15 is 0 Å². The fourth-order valence-electron chi connectivity index (χ4n) is 4.69. The lowest BCUT2D eigenvalue weighted by Crippen LogP contribution is -2.52. The summed E-state index contributed by atoms with van der Waals surface area (Å²) in [6.45, 7) is 4.88. The van der Waals surface area contributed by atoms with Crippen molar-refractivity contribution in [1.82, 2.24) is 15.1 Å². The van der Waals surface area contributed by atoms with Crippen molar-refractivity contribution in [3.05, 3.63) is 69.2 Å². The molecule has 2 saturated heterocycles. The molecule has 0 aromatic heterocycles. The zero-order valence-electron chi connectivity index (χ0n) is 17.9. The van der Waals surface area contributed by atoms with E-state index in [0.717, 1.165) is 54.9 Å². The molecule has 2 aromatic rings. The van der Waals surface area contributed by atoms with E-state index in [1.807, 2.05) is 35.2 Å². The number of halogens is 2. The van der Waals surface area contributed by atoms with Crippen molar-refractivity contribution >= 4 is 33.6 Å². The van der Waals surface area contributed by atoms with Gasteiger partial charge in [0.05, 0.1) is 0 Å². The highest BCUT2D eigenvalue weighted by Crippen LogP contribution is 2.28. The highest BCUT2D eigenvalue weighted by molar-refractivity contribution is 9.10. The summed E-state index contributed by atoms with van der Waals surface area (Å²) in [5, 5.41) is 4.03. The maximum absolute atomic E-state index is 12.5. The molecule has 0 aliphatic carbocycles. The summed E-state index contributed by atoms with van der Waals surface area (Å²) in [5.74, 6) is 0.715. The number of rotatable bonds is 7. The zero-order valence-corrected chi connectivity index (χ0v) is 20.2. The van der Waals surface area contributed by atoms with Gasteiger partial charge in [-0.05, 0) is 80.4 Å². The molecular weight excluding hydrogens is 474 g/mol. The first kappa shape index (κ1) is 22.6. The lowest BCUT2D eigenvalue weighted by Gasteiger charge is -2.36. The van der Waals surface area contributed by atoms with Crippen LogP contribution in [0.2, 0.25) is 5.02 Å². The van der Waals surface area contributed by atoms with E-state index in [9.17, 15) is 4.79 Å². The number of nitrogens with one attached hydrogen (secondary N) is 1. The Balaban J connectivity index is 1.17. The number of nitrogens with zero attached hydrogens (tertiary/aromatic N) is 2. The molecular formula is C25H31BrClN3O. The van der Waals surface area contributed by atoms with Crippen molar-refractivity contribution in [3.63, 3.8) is 0 Å². The smallest absolute Gasteiger partial charge is 0.317 e. The van der Waals surface area contributed by atoms with Crippen LogP contribution >= 0.6 is 27.5 Å². The molecule has 166 valence electrons. The molecule has 2 amide bonds. The molecule has 1 N–H and O–H groups in total. The number of likely N-dealkylation sites (tertiary alicyclic amines) is 1. The van der Waals surface area contributed by atoms with E-state index in [4.69, 9.17) is 11.6 Å². The molecule has 2 aromatic carbocycles. The molecule has 0 spiro atoms. The van der Waals surface area contributed by atoms with Gasteiger partial charge >= 0.3 is 6.03 Å². The largest absolute Gasteiger partial charge is 0.335 e. The lowest BCUT2D eigenvalue weighted by atomic mass is 9.90. The van der Waals surface area contributed by atoms with E-state index in [-0.39, 0.29) is 6.03 Å². The number of hydrogen-bond acceptors (Lipinski definition) is 2. The van der Waals surface area contributed by atoms with E-state index in [2.05, 4.69) is 44.3 Å². The van der Waals surface area contributed by atoms with Crippen molar-refractivity contribution < 1.29 is 4.79 Å². The Bertz CT molecular complexity index is 870. The van der Waals surface area contributed by atoms with Gasteiger partial charge in [0.25, 0.3) is 0 Å². The summed E-state index contributed by atoms with van der Waals surface area (Å²) in [6.07, 6.45) is 5.60. The molecule has 2 aliphatic rings. The van der Waals surface area contributed by atoms with Crippen LogP contribution in [-0.2, 0) is 13.0 Å². The normalized spacial score (nSPS) is 20.6. The van der Waals surface area contributed by atoms with Gasteiger partial charge in [-0.25, -0.2) is 4.79 Å². The fourth-order valence-corrected chi connectivity index (χ4v) is 5.29. The molecule has 2 fully saturated rings. The van der Waals surface area contributed by atoms with Crippen LogP contribution in [0, 0.1) is 5.92 Å². The Kier molecular flexibility index (Phi) is 7.91. The number of benzene rings is 2. The summed E-state index contributed by atoms with van der Waals surface area (Å²) in [6, 6.07) is 16.6. The average molecular weight is 505 g/mol. The third-order valence-corrected chi connectivity index (χ3v) is 7.60. The maximum atomic E-state index is 12.5. The first-order valence-corrected chi connectivity index (χ1v) is 12.5. The molecule has 1 atom stereocenters. The lowest BCUT2D eigenvalue weighted by molar-refractivity contribution is 0.153. The maximum Gasteiger partial charge on any atom is 0.317 e. The Labute approximate surface area is 199 Å². The van der Waals surface area contributed by atoms with Gasteiger partial charge in [-0.1, -0.05) is 57.9 Å². The second-order valence-corrected chi connectivity index (χ2v) is 10.1. The second-order valence-electron chi connectivity index (χ2n) is 8.86. The van der Waals surface area contributed by atoms with Gasteiger partial charge in [-0.3, -0.25) is 0 Å². The van der Waals surface area contributed by atoms with Gasteiger partial charge in [0.15, 0.2) is 0 Å². The minimum atomic E-state index is 0.0749. The topological polar surface area (TPSA) is 35.6 Å². The first-order chi connectivity index (χ1) is 15.1. The number of carbonyl (C=O) groups is 1. The van der Waals surface area contributed by atoms with Gasteiger partial charge in [-0.2, -0.15) is 0 Å². The predicted octanol–water partition coefficient (Wildman–Crippen LogP) is 5.73. The van der Waals surface area contributed by atoms with Gasteiger partial charge in [0, 0.05) is 35.2 Å². The van der Waals surface area contributed by atoms with Crippen molar-refractivity contribution in [2.75, 3.05) is 26.2 Å². The van der Waals surface area contributed by atoms with Crippen LogP contribution in [0.5, 0.6) is 0 Å². The highest BCUT2D eigenvalue weighted by atomic mass is 79.9. The van der Waals surface area contributed by atoms with Crippen LogP contribution in [0.15, 0.2) is 53.0 Å². The number of urea groups is 1. The van der Waals surface area contributed by atoms with Crippen LogP contribution in [0.3, 0.4) is 0 Å². The van der Waals surface area contributed by atoms with Crippen LogP contribution in [0.4, 0.5) is 4.79 Å². The van der Waals surface area contributed by atoms with Gasteiger partial charge in [0.2, 0.25) is 0 Å². The molecule has 0 saturated carbocycles. The van der Waals surface area contributed by atoms with E-state index < -0.39 is 0 Å². The van der Waals surface area contributed by atoms with Crippen molar-refractivity contribution in [2.45, 2.75) is 44.7 Å². The van der Waals surface area contributed by atoms with E-state index in [1.54, 1.807) is 0 Å². The third-order valence-electron chi connectivity index (χ3n) is 6.60. The van der Waals surface area contributed by atoms with Crippen LogP contribution in [-0.4, -0.2) is 48.1 Å². The Morgan fingerprint density at radius 1 is 1.03 bits per heavy atom. The summed E-state index contributed by atoms with van der Waals surface area (Å²) < 4.78 is 1.16. The summed E-state index contributed by atoms with van der Waals surface area (Å²) in [7, 11) is 0. The molecule has 1 unspecified atom stereocenters. The quantitative estimate of drug-likeness (QED) is 0.522.